The molecular formula is C30H28F3N5O3. The first-order valence-corrected chi connectivity index (χ1v) is 13.9. The van der Waals surface area contributed by atoms with Crippen LogP contribution in [0.2, 0.25) is 0 Å². The molecule has 2 fully saturated rings. The molecule has 11 heteroatoms. The number of fused-ring (bicyclic) bond motifs is 5. The summed E-state index contributed by atoms with van der Waals surface area (Å²) in [7, 11) is 0. The van der Waals surface area contributed by atoms with Gasteiger partial charge >= 0.3 is 5.69 Å². The van der Waals surface area contributed by atoms with Gasteiger partial charge in [0.1, 0.15) is 42.0 Å². The van der Waals surface area contributed by atoms with Crippen molar-refractivity contribution in [2.24, 2.45) is 5.92 Å². The molecule has 1 saturated carbocycles. The molecule has 1 aliphatic carbocycles. The molecule has 0 spiro atoms. The van der Waals surface area contributed by atoms with E-state index < -0.39 is 40.1 Å². The van der Waals surface area contributed by atoms with E-state index in [9.17, 15) is 9.18 Å². The van der Waals surface area contributed by atoms with Crippen molar-refractivity contribution in [1.29, 1.82) is 0 Å². The van der Waals surface area contributed by atoms with Gasteiger partial charge in [-0.25, -0.2) is 27.5 Å². The molecule has 2 aliphatic heterocycles. The summed E-state index contributed by atoms with van der Waals surface area (Å²) < 4.78 is 59.2. The lowest BCUT2D eigenvalue weighted by Gasteiger charge is -2.38. The predicted molar refractivity (Wildman–Crippen MR) is 146 cm³/mol. The molecule has 0 N–H and O–H groups in total. The summed E-state index contributed by atoms with van der Waals surface area (Å²) in [6, 6.07) is 4.70. The lowest BCUT2D eigenvalue weighted by molar-refractivity contribution is 0.211. The largest absolute Gasteiger partial charge is 0.488 e. The van der Waals surface area contributed by atoms with Crippen molar-refractivity contribution in [3.63, 3.8) is 0 Å². The molecule has 212 valence electrons. The van der Waals surface area contributed by atoms with E-state index in [1.165, 1.54) is 10.6 Å². The van der Waals surface area contributed by atoms with E-state index in [1.807, 2.05) is 11.8 Å². The van der Waals surface area contributed by atoms with E-state index in [1.54, 1.807) is 12.3 Å². The summed E-state index contributed by atoms with van der Waals surface area (Å²) in [4.78, 5) is 29.7. The summed E-state index contributed by atoms with van der Waals surface area (Å²) in [6.45, 7) is 4.57. The van der Waals surface area contributed by atoms with Crippen LogP contribution in [-0.2, 0) is 0 Å². The Hall–Kier alpha value is -4.15. The normalized spacial score (nSPS) is 20.5. The molecular weight excluding hydrogens is 535 g/mol. The molecule has 2 atom stereocenters. The van der Waals surface area contributed by atoms with Gasteiger partial charge in [-0.15, -0.1) is 0 Å². The van der Waals surface area contributed by atoms with Gasteiger partial charge in [0.2, 0.25) is 0 Å². The van der Waals surface area contributed by atoms with Crippen molar-refractivity contribution >= 4 is 16.9 Å². The second-order valence-corrected chi connectivity index (χ2v) is 11.2. The Morgan fingerprint density at radius 3 is 2.51 bits per heavy atom. The highest BCUT2D eigenvalue weighted by Crippen LogP contribution is 2.45. The minimum Gasteiger partial charge on any atom is -0.488 e. The minimum atomic E-state index is -0.910. The number of halogens is 3. The zero-order valence-electron chi connectivity index (χ0n) is 22.7. The number of aromatic nitrogens is 4. The van der Waals surface area contributed by atoms with E-state index in [0.29, 0.717) is 35.4 Å². The topological polar surface area (TPSA) is 82.4 Å². The molecule has 3 aromatic heterocycles. The number of pyridine rings is 2. The maximum absolute atomic E-state index is 16.0. The van der Waals surface area contributed by atoms with Gasteiger partial charge in [-0.05, 0) is 56.7 Å². The maximum Gasteiger partial charge on any atom is 0.356 e. The van der Waals surface area contributed by atoms with Crippen LogP contribution in [0.25, 0.3) is 28.0 Å². The second kappa shape index (κ2) is 9.74. The number of ether oxygens (including phenoxy) is 2. The monoisotopic (exact) mass is 563 g/mol. The quantitative estimate of drug-likeness (QED) is 0.317. The zero-order valence-corrected chi connectivity index (χ0v) is 22.7. The predicted octanol–water partition coefficient (Wildman–Crippen LogP) is 5.53. The van der Waals surface area contributed by atoms with Gasteiger partial charge in [-0.2, -0.15) is 4.98 Å². The molecule has 0 unspecified atom stereocenters. The first-order chi connectivity index (χ1) is 19.8. The third-order valence-corrected chi connectivity index (χ3v) is 8.18. The fraction of sp³-hybridized carbons (Fsp3) is 0.400. The van der Waals surface area contributed by atoms with Crippen LogP contribution < -0.4 is 20.1 Å². The maximum atomic E-state index is 16.0. The van der Waals surface area contributed by atoms with Gasteiger partial charge in [0.05, 0.1) is 16.6 Å². The Balaban J connectivity index is 1.61. The number of hydrogen-bond donors (Lipinski definition) is 0. The first kappa shape index (κ1) is 25.8. The Labute approximate surface area is 233 Å². The lowest BCUT2D eigenvalue weighted by Crippen LogP contribution is -2.43. The SMILES string of the molecule is C[C@H]1CC[C@H](C)N(c2nc(=O)n3c4nc(c(F)cc24)-c2c(F)ccc(F)c2OCCOc2ccnc(C4CC4)c2-3)C1. The van der Waals surface area contributed by atoms with E-state index in [2.05, 4.69) is 21.9 Å². The van der Waals surface area contributed by atoms with Crippen LogP contribution in [0.15, 0.2) is 35.3 Å². The highest BCUT2D eigenvalue weighted by atomic mass is 19.1. The molecule has 41 heavy (non-hydrogen) atoms. The van der Waals surface area contributed by atoms with E-state index in [4.69, 9.17) is 9.47 Å². The van der Waals surface area contributed by atoms with Crippen LogP contribution in [0.3, 0.4) is 0 Å². The number of piperidine rings is 1. The van der Waals surface area contributed by atoms with Gasteiger partial charge in [-0.1, -0.05) is 6.92 Å². The number of nitrogens with zero attached hydrogens (tertiary/aromatic N) is 5. The molecule has 1 aromatic carbocycles. The molecule has 1 saturated heterocycles. The summed E-state index contributed by atoms with van der Waals surface area (Å²) in [5, 5.41) is 0.277. The Bertz CT molecular complexity index is 1760. The minimum absolute atomic E-state index is 0.0467. The zero-order chi connectivity index (χ0) is 28.4. The molecule has 8 nitrogen and oxygen atoms in total. The smallest absolute Gasteiger partial charge is 0.356 e. The summed E-state index contributed by atoms with van der Waals surface area (Å²) in [6.07, 6.45) is 5.28. The molecule has 0 radical (unpaired) electrons. The number of hydrogen-bond acceptors (Lipinski definition) is 7. The fourth-order valence-corrected chi connectivity index (χ4v) is 5.92. The summed E-state index contributed by atoms with van der Waals surface area (Å²) >= 11 is 0. The van der Waals surface area contributed by atoms with Gasteiger partial charge in [0.25, 0.3) is 0 Å². The van der Waals surface area contributed by atoms with E-state index >= 15 is 8.78 Å². The molecule has 2 bridgehead atoms. The first-order valence-electron chi connectivity index (χ1n) is 13.9. The van der Waals surface area contributed by atoms with Crippen molar-refractivity contribution in [3.8, 4) is 28.4 Å². The molecule has 7 rings (SSSR count). The number of benzene rings is 1. The molecule has 4 aromatic rings. The third kappa shape index (κ3) is 4.29. The van der Waals surface area contributed by atoms with Gasteiger partial charge in [0.15, 0.2) is 23.0 Å². The summed E-state index contributed by atoms with van der Waals surface area (Å²) in [5.74, 6) is -2.06. The van der Waals surface area contributed by atoms with Gasteiger partial charge < -0.3 is 14.4 Å². The average molecular weight is 564 g/mol. The van der Waals surface area contributed by atoms with Crippen LogP contribution in [0.4, 0.5) is 19.0 Å². The van der Waals surface area contributed by atoms with Gasteiger partial charge in [0, 0.05) is 30.8 Å². The van der Waals surface area contributed by atoms with Crippen molar-refractivity contribution in [3.05, 3.63) is 64.1 Å². The Kier molecular flexibility index (Phi) is 6.13. The highest BCUT2D eigenvalue weighted by Gasteiger charge is 2.34. The van der Waals surface area contributed by atoms with Crippen molar-refractivity contribution in [2.45, 2.75) is 51.5 Å². The fourth-order valence-electron chi connectivity index (χ4n) is 5.92. The molecule has 3 aliphatic rings. The van der Waals surface area contributed by atoms with Crippen LogP contribution in [0, 0.1) is 23.4 Å². The van der Waals surface area contributed by atoms with Gasteiger partial charge in [-0.3, -0.25) is 4.98 Å². The van der Waals surface area contributed by atoms with Crippen molar-refractivity contribution < 1.29 is 22.6 Å². The third-order valence-electron chi connectivity index (χ3n) is 8.18. The number of rotatable bonds is 2. The Morgan fingerprint density at radius 1 is 0.927 bits per heavy atom. The standard InChI is InChI=1S/C30H28F3N5O3/c1-15-3-4-16(2)37(14-15)28-18-13-21(33)25-23-19(31)7-8-20(32)27(23)41-12-11-40-22-9-10-34-24(17-5-6-17)26(22)38(29(18)35-25)30(39)36-28/h7-10,13,15-17H,3-6,11-12,14H2,1-2H3/t15-,16-/m0/s1. The lowest BCUT2D eigenvalue weighted by atomic mass is 9.95. The number of anilines is 1. The average Bonchev–Trinajstić information content (AvgIpc) is 3.79. The highest BCUT2D eigenvalue weighted by molar-refractivity contribution is 5.91. The van der Waals surface area contributed by atoms with Crippen LogP contribution >= 0.6 is 0 Å². The second-order valence-electron chi connectivity index (χ2n) is 11.2. The van der Waals surface area contributed by atoms with Crippen molar-refractivity contribution in [1.82, 2.24) is 19.5 Å². The Morgan fingerprint density at radius 2 is 1.71 bits per heavy atom. The van der Waals surface area contributed by atoms with E-state index in [0.717, 1.165) is 37.8 Å². The summed E-state index contributed by atoms with van der Waals surface area (Å²) in [5.41, 5.74) is -0.503. The van der Waals surface area contributed by atoms with E-state index in [-0.39, 0.29) is 36.2 Å². The molecule has 5 heterocycles. The van der Waals surface area contributed by atoms with Crippen LogP contribution in [0.5, 0.6) is 11.5 Å². The molecule has 0 amide bonds. The van der Waals surface area contributed by atoms with Crippen LogP contribution in [-0.4, -0.2) is 45.3 Å². The van der Waals surface area contributed by atoms with Crippen molar-refractivity contribution in [2.75, 3.05) is 24.7 Å². The van der Waals surface area contributed by atoms with Crippen LogP contribution in [0.1, 0.15) is 51.1 Å².